The zero-order chi connectivity index (χ0) is 27.8. The molecule has 2 heterocycles. The summed E-state index contributed by atoms with van der Waals surface area (Å²) in [4.78, 5) is 52.9. The molecule has 1 saturated heterocycles. The average Bonchev–Trinajstić information content (AvgIpc) is 3.49. The van der Waals surface area contributed by atoms with Crippen LogP contribution in [0, 0.1) is 23.2 Å². The minimum absolute atomic E-state index is 0.0461. The fourth-order valence-electron chi connectivity index (χ4n) is 4.58. The molecule has 1 aromatic heterocycles. The van der Waals surface area contributed by atoms with E-state index in [1.54, 1.807) is 18.2 Å². The number of benzene rings is 1. The number of carboxylic acid groups (broad SMARTS) is 1. The number of carbonyl (C=O) groups is 4. The van der Waals surface area contributed by atoms with Gasteiger partial charge in [-0.15, -0.1) is 0 Å². The van der Waals surface area contributed by atoms with E-state index in [0.717, 1.165) is 5.39 Å². The summed E-state index contributed by atoms with van der Waals surface area (Å²) in [6, 6.07) is 6.18. The van der Waals surface area contributed by atoms with Gasteiger partial charge in [0, 0.05) is 23.4 Å². The molecule has 3 rings (SSSR count). The number of H-pyrrole nitrogens is 1. The maximum Gasteiger partial charge on any atom is 0.317 e. The molecular formula is C26H34N6O6. The van der Waals surface area contributed by atoms with Gasteiger partial charge in [-0.05, 0) is 43.4 Å². The lowest BCUT2D eigenvalue weighted by Gasteiger charge is -2.28. The molecule has 1 aromatic carbocycles. The Kier molecular flexibility index (Phi) is 9.67. The highest BCUT2D eigenvalue weighted by Crippen LogP contribution is 2.26. The van der Waals surface area contributed by atoms with Crippen molar-refractivity contribution in [2.75, 3.05) is 20.2 Å². The van der Waals surface area contributed by atoms with Gasteiger partial charge >= 0.3 is 5.97 Å². The summed E-state index contributed by atoms with van der Waals surface area (Å²) in [6.07, 6.45) is 1.00. The first kappa shape index (κ1) is 28.5. The molecule has 204 valence electrons. The number of methoxy groups -OCH3 is 1. The van der Waals surface area contributed by atoms with Gasteiger partial charge in [0.2, 0.25) is 11.8 Å². The SMILES string of the molecule is COc1cccc2[nH]c(C(=O)N[C@@H](CC(C)C)C(=O)N[C@@H](C[C@@H]3CCNC3=O)[C@H](C#N)NCC(=O)O)cc12. The normalized spacial score (nSPS) is 17.3. The van der Waals surface area contributed by atoms with Crippen LogP contribution < -0.4 is 26.0 Å². The van der Waals surface area contributed by atoms with E-state index in [0.29, 0.717) is 30.7 Å². The number of aromatic nitrogens is 1. The highest BCUT2D eigenvalue weighted by atomic mass is 16.5. The Morgan fingerprint density at radius 2 is 2.03 bits per heavy atom. The number of nitriles is 1. The van der Waals surface area contributed by atoms with Crippen molar-refractivity contribution in [1.82, 2.24) is 26.3 Å². The summed E-state index contributed by atoms with van der Waals surface area (Å²) in [5.74, 6) is -2.14. The number of nitrogens with zero attached hydrogens (tertiary/aromatic N) is 1. The predicted octanol–water partition coefficient (Wildman–Crippen LogP) is 0.898. The van der Waals surface area contributed by atoms with Crippen molar-refractivity contribution >= 4 is 34.6 Å². The molecule has 12 heteroatoms. The second-order valence-electron chi connectivity index (χ2n) is 9.77. The number of amides is 3. The molecule has 38 heavy (non-hydrogen) atoms. The maximum absolute atomic E-state index is 13.4. The Labute approximate surface area is 220 Å². The van der Waals surface area contributed by atoms with E-state index in [1.807, 2.05) is 26.0 Å². The van der Waals surface area contributed by atoms with Crippen LogP contribution in [0.25, 0.3) is 10.9 Å². The van der Waals surface area contributed by atoms with Crippen molar-refractivity contribution < 1.29 is 29.0 Å². The van der Waals surface area contributed by atoms with Crippen molar-refractivity contribution in [2.45, 2.75) is 51.2 Å². The first-order valence-corrected chi connectivity index (χ1v) is 12.5. The highest BCUT2D eigenvalue weighted by molar-refractivity contribution is 6.01. The molecule has 6 N–H and O–H groups in total. The highest BCUT2D eigenvalue weighted by Gasteiger charge is 2.34. The van der Waals surface area contributed by atoms with Crippen LogP contribution in [0.3, 0.4) is 0 Å². The molecule has 0 unspecified atom stereocenters. The number of ether oxygens (including phenoxy) is 1. The topological polar surface area (TPSA) is 185 Å². The van der Waals surface area contributed by atoms with Crippen LogP contribution in [0.5, 0.6) is 5.75 Å². The Morgan fingerprint density at radius 1 is 1.26 bits per heavy atom. The summed E-state index contributed by atoms with van der Waals surface area (Å²) < 4.78 is 5.35. The van der Waals surface area contributed by atoms with E-state index in [4.69, 9.17) is 9.84 Å². The number of carboxylic acids is 1. The molecule has 0 aliphatic carbocycles. The number of fused-ring (bicyclic) bond motifs is 1. The first-order valence-electron chi connectivity index (χ1n) is 12.5. The van der Waals surface area contributed by atoms with Crippen LogP contribution in [0.2, 0.25) is 0 Å². The minimum Gasteiger partial charge on any atom is -0.496 e. The first-order chi connectivity index (χ1) is 18.1. The van der Waals surface area contributed by atoms with Gasteiger partial charge < -0.3 is 30.8 Å². The van der Waals surface area contributed by atoms with Crippen molar-refractivity contribution in [3.63, 3.8) is 0 Å². The number of nitrogens with one attached hydrogen (secondary N) is 5. The largest absolute Gasteiger partial charge is 0.496 e. The third kappa shape index (κ3) is 7.23. The van der Waals surface area contributed by atoms with Crippen LogP contribution in [-0.2, 0) is 14.4 Å². The van der Waals surface area contributed by atoms with Gasteiger partial charge in [-0.3, -0.25) is 24.5 Å². The number of hydrogen-bond donors (Lipinski definition) is 6. The van der Waals surface area contributed by atoms with Gasteiger partial charge in [-0.2, -0.15) is 5.26 Å². The fraction of sp³-hybridized carbons (Fsp3) is 0.500. The van der Waals surface area contributed by atoms with E-state index in [-0.39, 0.29) is 23.9 Å². The van der Waals surface area contributed by atoms with Gasteiger partial charge in [-0.25, -0.2) is 0 Å². The zero-order valence-electron chi connectivity index (χ0n) is 21.7. The Balaban J connectivity index is 1.80. The molecule has 12 nitrogen and oxygen atoms in total. The summed E-state index contributed by atoms with van der Waals surface area (Å²) >= 11 is 0. The maximum atomic E-state index is 13.4. The van der Waals surface area contributed by atoms with Crippen LogP contribution >= 0.6 is 0 Å². The van der Waals surface area contributed by atoms with Crippen LogP contribution in [0.15, 0.2) is 24.3 Å². The molecule has 2 aromatic rings. The van der Waals surface area contributed by atoms with E-state index in [1.165, 1.54) is 7.11 Å². The number of hydrogen-bond acceptors (Lipinski definition) is 7. The summed E-state index contributed by atoms with van der Waals surface area (Å²) in [7, 11) is 1.54. The molecule has 4 atom stereocenters. The van der Waals surface area contributed by atoms with Gasteiger partial charge in [0.15, 0.2) is 0 Å². The van der Waals surface area contributed by atoms with Crippen molar-refractivity contribution in [3.05, 3.63) is 30.0 Å². The number of aromatic amines is 1. The zero-order valence-corrected chi connectivity index (χ0v) is 21.7. The molecule has 1 aliphatic rings. The summed E-state index contributed by atoms with van der Waals surface area (Å²) in [5.41, 5.74) is 0.957. The van der Waals surface area contributed by atoms with Crippen molar-refractivity contribution in [2.24, 2.45) is 11.8 Å². The Hall–Kier alpha value is -4.11. The molecule has 0 spiro atoms. The average molecular weight is 527 g/mol. The molecule has 0 saturated carbocycles. The van der Waals surface area contributed by atoms with Crippen LogP contribution in [-0.4, -0.2) is 72.1 Å². The number of aliphatic carboxylic acids is 1. The van der Waals surface area contributed by atoms with Crippen LogP contribution in [0.1, 0.15) is 43.6 Å². The third-order valence-electron chi connectivity index (χ3n) is 6.46. The van der Waals surface area contributed by atoms with Crippen LogP contribution in [0.4, 0.5) is 0 Å². The second-order valence-corrected chi connectivity index (χ2v) is 9.77. The summed E-state index contributed by atoms with van der Waals surface area (Å²) in [6.45, 7) is 3.82. The molecule has 3 amide bonds. The van der Waals surface area contributed by atoms with Crippen molar-refractivity contribution in [3.8, 4) is 11.8 Å². The molecule has 1 fully saturated rings. The minimum atomic E-state index is -1.16. The van der Waals surface area contributed by atoms with E-state index < -0.39 is 48.4 Å². The molecule has 0 radical (unpaired) electrons. The quantitative estimate of drug-likeness (QED) is 0.222. The standard InChI is InChI=1S/C26H34N6O6/c1-14(2)9-19(32-26(37)20-11-16-17(30-20)5-4-6-22(16)38-3)25(36)31-18(10-15-7-8-28-24(15)35)21(12-27)29-13-23(33)34/h4-6,11,14-15,18-19,21,29-30H,7-10,13H2,1-3H3,(H,28,35)(H,31,36)(H,32,37)(H,33,34)/t15-,18-,19-,21-/m0/s1. The number of rotatable bonds is 13. The predicted molar refractivity (Wildman–Crippen MR) is 138 cm³/mol. The van der Waals surface area contributed by atoms with Gasteiger partial charge in [0.25, 0.3) is 5.91 Å². The second kappa shape index (κ2) is 12.9. The molecular weight excluding hydrogens is 492 g/mol. The third-order valence-corrected chi connectivity index (χ3v) is 6.46. The van der Waals surface area contributed by atoms with Gasteiger partial charge in [0.05, 0.1) is 25.8 Å². The summed E-state index contributed by atoms with van der Waals surface area (Å²) in [5, 5.41) is 30.4. The lowest BCUT2D eigenvalue weighted by atomic mass is 9.93. The lowest BCUT2D eigenvalue weighted by molar-refractivity contribution is -0.136. The van der Waals surface area contributed by atoms with Gasteiger partial charge in [0.1, 0.15) is 23.5 Å². The van der Waals surface area contributed by atoms with E-state index >= 15 is 0 Å². The molecule has 0 bridgehead atoms. The van der Waals surface area contributed by atoms with Gasteiger partial charge in [-0.1, -0.05) is 19.9 Å². The van der Waals surface area contributed by atoms with Crippen molar-refractivity contribution in [1.29, 1.82) is 5.26 Å². The number of carbonyl (C=O) groups excluding carboxylic acids is 3. The van der Waals surface area contributed by atoms with E-state index in [9.17, 15) is 24.4 Å². The Morgan fingerprint density at radius 3 is 2.63 bits per heavy atom. The molecule has 1 aliphatic heterocycles. The van der Waals surface area contributed by atoms with E-state index in [2.05, 4.69) is 26.3 Å². The lowest BCUT2D eigenvalue weighted by Crippen LogP contribution is -2.56. The smallest absolute Gasteiger partial charge is 0.317 e. The Bertz CT molecular complexity index is 1220. The fourth-order valence-corrected chi connectivity index (χ4v) is 4.58. The monoisotopic (exact) mass is 526 g/mol.